The fourth-order valence-electron chi connectivity index (χ4n) is 2.15. The van der Waals surface area contributed by atoms with Crippen LogP contribution in [0.4, 0.5) is 10.5 Å². The Morgan fingerprint density at radius 2 is 2.09 bits per heavy atom. The fourth-order valence-corrected chi connectivity index (χ4v) is 3.05. The molecule has 0 aromatic heterocycles. The normalized spacial score (nSPS) is 15.5. The number of hydrogen-bond acceptors (Lipinski definition) is 4. The standard InChI is InChI=1S/C15H18N4O2S/c1-11(14(20)19-5-7-22-8-6-19)17-15(21)18-13-4-2-3-12(9-13)10-16/h2-4,9,11H,5-8H2,1H3,(H2,17,18,21). The van der Waals surface area contributed by atoms with Gasteiger partial charge in [0.25, 0.3) is 0 Å². The van der Waals surface area contributed by atoms with Crippen molar-refractivity contribution in [1.82, 2.24) is 10.2 Å². The highest BCUT2D eigenvalue weighted by Crippen LogP contribution is 2.11. The topological polar surface area (TPSA) is 85.2 Å². The van der Waals surface area contributed by atoms with Crippen LogP contribution in [0.25, 0.3) is 0 Å². The van der Waals surface area contributed by atoms with Crippen molar-refractivity contribution in [2.24, 2.45) is 0 Å². The van der Waals surface area contributed by atoms with Gasteiger partial charge in [-0.05, 0) is 25.1 Å². The molecule has 3 amide bonds. The summed E-state index contributed by atoms with van der Waals surface area (Å²) in [6.45, 7) is 3.12. The van der Waals surface area contributed by atoms with Crippen LogP contribution in [-0.2, 0) is 4.79 Å². The largest absolute Gasteiger partial charge is 0.339 e. The molecule has 7 heteroatoms. The zero-order chi connectivity index (χ0) is 15.9. The number of carbonyl (C=O) groups excluding carboxylic acids is 2. The highest BCUT2D eigenvalue weighted by Gasteiger charge is 2.23. The number of hydrogen-bond donors (Lipinski definition) is 2. The molecule has 1 aliphatic rings. The van der Waals surface area contributed by atoms with Crippen molar-refractivity contribution in [3.8, 4) is 6.07 Å². The quantitative estimate of drug-likeness (QED) is 0.887. The predicted molar refractivity (Wildman–Crippen MR) is 86.7 cm³/mol. The van der Waals surface area contributed by atoms with E-state index in [1.165, 1.54) is 0 Å². The molecule has 116 valence electrons. The van der Waals surface area contributed by atoms with E-state index in [9.17, 15) is 9.59 Å². The molecule has 1 atom stereocenters. The molecule has 0 aliphatic carbocycles. The van der Waals surface area contributed by atoms with Crippen molar-refractivity contribution in [2.75, 3.05) is 29.9 Å². The Morgan fingerprint density at radius 3 is 2.77 bits per heavy atom. The van der Waals surface area contributed by atoms with Crippen LogP contribution in [0, 0.1) is 11.3 Å². The van der Waals surface area contributed by atoms with Gasteiger partial charge in [-0.3, -0.25) is 4.79 Å². The zero-order valence-corrected chi connectivity index (χ0v) is 13.2. The third-order valence-corrected chi connectivity index (χ3v) is 4.23. The summed E-state index contributed by atoms with van der Waals surface area (Å²) in [5.74, 6) is 1.80. The van der Waals surface area contributed by atoms with Gasteiger partial charge in [-0.15, -0.1) is 0 Å². The van der Waals surface area contributed by atoms with Crippen molar-refractivity contribution in [2.45, 2.75) is 13.0 Å². The molecule has 1 aliphatic heterocycles. The van der Waals surface area contributed by atoms with Crippen molar-refractivity contribution >= 4 is 29.4 Å². The number of carbonyl (C=O) groups is 2. The van der Waals surface area contributed by atoms with Gasteiger partial charge in [-0.1, -0.05) is 6.07 Å². The number of anilines is 1. The summed E-state index contributed by atoms with van der Waals surface area (Å²) in [5.41, 5.74) is 0.985. The summed E-state index contributed by atoms with van der Waals surface area (Å²) in [4.78, 5) is 25.9. The molecule has 1 fully saturated rings. The number of rotatable bonds is 3. The lowest BCUT2D eigenvalue weighted by Crippen LogP contribution is -2.50. The molecule has 0 saturated carbocycles. The molecule has 0 radical (unpaired) electrons. The maximum Gasteiger partial charge on any atom is 0.319 e. The van der Waals surface area contributed by atoms with Crippen molar-refractivity contribution in [3.05, 3.63) is 29.8 Å². The minimum Gasteiger partial charge on any atom is -0.339 e. The number of nitrogens with one attached hydrogen (secondary N) is 2. The maximum atomic E-state index is 12.2. The van der Waals surface area contributed by atoms with Crippen LogP contribution in [0.15, 0.2) is 24.3 Å². The number of urea groups is 1. The molecule has 1 unspecified atom stereocenters. The molecule has 1 saturated heterocycles. The van der Waals surface area contributed by atoms with Crippen LogP contribution in [0.3, 0.4) is 0 Å². The summed E-state index contributed by atoms with van der Waals surface area (Å²) in [6.07, 6.45) is 0. The van der Waals surface area contributed by atoms with Crippen molar-refractivity contribution in [3.63, 3.8) is 0 Å². The molecule has 22 heavy (non-hydrogen) atoms. The zero-order valence-electron chi connectivity index (χ0n) is 12.3. The van der Waals surface area contributed by atoms with Crippen LogP contribution < -0.4 is 10.6 Å². The number of thioether (sulfide) groups is 1. The van der Waals surface area contributed by atoms with E-state index in [4.69, 9.17) is 5.26 Å². The first-order chi connectivity index (χ1) is 10.6. The molecule has 1 aromatic rings. The smallest absolute Gasteiger partial charge is 0.319 e. The van der Waals surface area contributed by atoms with E-state index in [0.717, 1.165) is 24.6 Å². The minimum atomic E-state index is -0.581. The SMILES string of the molecule is CC(NC(=O)Nc1cccc(C#N)c1)C(=O)N1CCSCC1. The van der Waals surface area contributed by atoms with Gasteiger partial charge in [-0.2, -0.15) is 17.0 Å². The van der Waals surface area contributed by atoms with E-state index in [1.807, 2.05) is 17.8 Å². The Bertz CT molecular complexity index is 593. The second kappa shape index (κ2) is 7.71. The van der Waals surface area contributed by atoms with Crippen LogP contribution >= 0.6 is 11.8 Å². The lowest BCUT2D eigenvalue weighted by molar-refractivity contribution is -0.132. The molecule has 1 heterocycles. The van der Waals surface area contributed by atoms with Gasteiger partial charge in [0.15, 0.2) is 0 Å². The van der Waals surface area contributed by atoms with Crippen molar-refractivity contribution < 1.29 is 9.59 Å². The second-order valence-corrected chi connectivity index (χ2v) is 6.18. The lowest BCUT2D eigenvalue weighted by Gasteiger charge is -2.29. The van der Waals surface area contributed by atoms with E-state index in [2.05, 4.69) is 10.6 Å². The summed E-state index contributed by atoms with van der Waals surface area (Å²) in [7, 11) is 0. The first-order valence-electron chi connectivity index (χ1n) is 7.04. The maximum absolute atomic E-state index is 12.2. The van der Waals surface area contributed by atoms with Crippen LogP contribution in [-0.4, -0.2) is 47.5 Å². The van der Waals surface area contributed by atoms with E-state index >= 15 is 0 Å². The Hall–Kier alpha value is -2.20. The number of benzene rings is 1. The van der Waals surface area contributed by atoms with Crippen LogP contribution in [0.1, 0.15) is 12.5 Å². The monoisotopic (exact) mass is 318 g/mol. The third kappa shape index (κ3) is 4.40. The van der Waals surface area contributed by atoms with Gasteiger partial charge in [0.05, 0.1) is 11.6 Å². The Kier molecular flexibility index (Phi) is 5.67. The van der Waals surface area contributed by atoms with Gasteiger partial charge in [0.1, 0.15) is 6.04 Å². The summed E-state index contributed by atoms with van der Waals surface area (Å²) in [6, 6.07) is 7.58. The number of nitriles is 1. The third-order valence-electron chi connectivity index (χ3n) is 3.29. The Morgan fingerprint density at radius 1 is 1.36 bits per heavy atom. The average Bonchev–Trinajstić information content (AvgIpc) is 2.55. The highest BCUT2D eigenvalue weighted by molar-refractivity contribution is 7.99. The lowest BCUT2D eigenvalue weighted by atomic mass is 10.2. The van der Waals surface area contributed by atoms with E-state index in [-0.39, 0.29) is 5.91 Å². The molecular weight excluding hydrogens is 300 g/mol. The molecule has 2 rings (SSSR count). The first-order valence-corrected chi connectivity index (χ1v) is 8.20. The van der Waals surface area contributed by atoms with Gasteiger partial charge in [0.2, 0.25) is 5.91 Å². The molecule has 0 bridgehead atoms. The summed E-state index contributed by atoms with van der Waals surface area (Å²) in [5, 5.41) is 14.1. The Labute approximate surface area is 133 Å². The molecule has 0 spiro atoms. The van der Waals surface area contributed by atoms with Gasteiger partial charge in [-0.25, -0.2) is 4.79 Å². The molecule has 2 N–H and O–H groups in total. The predicted octanol–water partition coefficient (Wildman–Crippen LogP) is 1.64. The van der Waals surface area contributed by atoms with Gasteiger partial charge in [0, 0.05) is 30.3 Å². The average molecular weight is 318 g/mol. The van der Waals surface area contributed by atoms with Crippen LogP contribution in [0.5, 0.6) is 0 Å². The second-order valence-electron chi connectivity index (χ2n) is 4.95. The van der Waals surface area contributed by atoms with Gasteiger partial charge < -0.3 is 15.5 Å². The number of nitrogens with zero attached hydrogens (tertiary/aromatic N) is 2. The first kappa shape index (κ1) is 16.2. The van der Waals surface area contributed by atoms with E-state index in [1.54, 1.807) is 36.1 Å². The van der Waals surface area contributed by atoms with E-state index < -0.39 is 12.1 Å². The summed E-state index contributed by atoms with van der Waals surface area (Å²) < 4.78 is 0. The van der Waals surface area contributed by atoms with Crippen LogP contribution in [0.2, 0.25) is 0 Å². The fraction of sp³-hybridized carbons (Fsp3) is 0.400. The number of amides is 3. The van der Waals surface area contributed by atoms with Gasteiger partial charge >= 0.3 is 6.03 Å². The van der Waals surface area contributed by atoms with Crippen molar-refractivity contribution in [1.29, 1.82) is 5.26 Å². The molecule has 6 nitrogen and oxygen atoms in total. The molecular formula is C15H18N4O2S. The van der Waals surface area contributed by atoms with E-state index in [0.29, 0.717) is 11.3 Å². The Balaban J connectivity index is 1.87. The molecule has 1 aromatic carbocycles. The summed E-state index contributed by atoms with van der Waals surface area (Å²) >= 11 is 1.83. The highest BCUT2D eigenvalue weighted by atomic mass is 32.2. The minimum absolute atomic E-state index is 0.0683.